The van der Waals surface area contributed by atoms with Gasteiger partial charge in [0.05, 0.1) is 16.9 Å². The number of benzene rings is 1. The van der Waals surface area contributed by atoms with Gasteiger partial charge in [0.25, 0.3) is 0 Å². The molecule has 0 aliphatic heterocycles. The van der Waals surface area contributed by atoms with E-state index in [-0.39, 0.29) is 22.6 Å². The molecule has 0 aromatic heterocycles. The maximum absolute atomic E-state index is 10.5. The van der Waals surface area contributed by atoms with E-state index in [1.54, 1.807) is 0 Å². The maximum Gasteiger partial charge on any atom is 0.335 e. The van der Waals surface area contributed by atoms with Crippen molar-refractivity contribution in [3.63, 3.8) is 0 Å². The molecule has 1 rings (SSSR count). The quantitative estimate of drug-likeness (QED) is 0.463. The molecule has 0 spiro atoms. The van der Waals surface area contributed by atoms with E-state index in [0.717, 1.165) is 12.1 Å². The van der Waals surface area contributed by atoms with Crippen LogP contribution < -0.4 is 11.5 Å². The zero-order valence-electron chi connectivity index (χ0n) is 6.52. The average molecular weight is 181 g/mol. The molecular formula is C7H7N3O3. The van der Waals surface area contributed by atoms with Crippen molar-refractivity contribution in [1.29, 1.82) is 0 Å². The zero-order chi connectivity index (χ0) is 10.0. The molecule has 5 N–H and O–H groups in total. The van der Waals surface area contributed by atoms with E-state index in [2.05, 4.69) is 5.18 Å². The number of hydrogen-bond acceptors (Lipinski definition) is 5. The zero-order valence-corrected chi connectivity index (χ0v) is 6.52. The molecule has 0 fully saturated rings. The fraction of sp³-hybridized carbons (Fsp3) is 0. The first kappa shape index (κ1) is 8.98. The minimum atomic E-state index is -1.16. The molecule has 0 radical (unpaired) electrons. The number of nitrogens with zero attached hydrogens (tertiary/aromatic N) is 1. The molecule has 0 aliphatic carbocycles. The molecule has 0 unspecified atom stereocenters. The summed E-state index contributed by atoms with van der Waals surface area (Å²) in [5.41, 5.74) is 10.4. The monoisotopic (exact) mass is 181 g/mol. The van der Waals surface area contributed by atoms with E-state index < -0.39 is 5.97 Å². The molecule has 6 heteroatoms. The standard InChI is InChI=1S/C7H7N3O3/c8-4-1-3(7(11)12)2-5(9)6(4)10-13/h1-2H,8-9H2,(H,11,12). The molecule has 0 saturated carbocycles. The summed E-state index contributed by atoms with van der Waals surface area (Å²) in [5.74, 6) is -1.16. The number of carboxylic acids is 1. The second kappa shape index (κ2) is 3.10. The van der Waals surface area contributed by atoms with E-state index in [9.17, 15) is 9.70 Å². The fourth-order valence-corrected chi connectivity index (χ4v) is 0.909. The van der Waals surface area contributed by atoms with Crippen LogP contribution in [0.4, 0.5) is 17.1 Å². The Labute approximate surface area is 73.1 Å². The van der Waals surface area contributed by atoms with Gasteiger partial charge in [-0.3, -0.25) is 0 Å². The Balaban J connectivity index is 3.36. The number of rotatable bonds is 2. The molecular weight excluding hydrogens is 174 g/mol. The summed E-state index contributed by atoms with van der Waals surface area (Å²) in [6.07, 6.45) is 0. The van der Waals surface area contributed by atoms with Crippen LogP contribution in [-0.4, -0.2) is 11.1 Å². The topological polar surface area (TPSA) is 119 Å². The van der Waals surface area contributed by atoms with Crippen molar-refractivity contribution in [3.8, 4) is 0 Å². The number of nitrogens with two attached hydrogens (primary N) is 2. The van der Waals surface area contributed by atoms with Gasteiger partial charge in [0, 0.05) is 0 Å². The third kappa shape index (κ3) is 1.56. The van der Waals surface area contributed by atoms with Gasteiger partial charge >= 0.3 is 5.97 Å². The Bertz CT molecular complexity index is 352. The summed E-state index contributed by atoms with van der Waals surface area (Å²) in [5, 5.41) is 11.2. The van der Waals surface area contributed by atoms with E-state index in [1.807, 2.05) is 0 Å². The van der Waals surface area contributed by atoms with Crippen molar-refractivity contribution >= 4 is 23.0 Å². The van der Waals surface area contributed by atoms with Gasteiger partial charge in [0.2, 0.25) is 0 Å². The third-order valence-electron chi connectivity index (χ3n) is 1.51. The molecule has 1 aromatic rings. The van der Waals surface area contributed by atoms with Crippen LogP contribution in [0.2, 0.25) is 0 Å². The van der Waals surface area contributed by atoms with E-state index >= 15 is 0 Å². The van der Waals surface area contributed by atoms with Crippen LogP contribution >= 0.6 is 0 Å². The summed E-state index contributed by atoms with van der Waals surface area (Å²) < 4.78 is 0. The van der Waals surface area contributed by atoms with Crippen molar-refractivity contribution in [2.45, 2.75) is 0 Å². The Hall–Kier alpha value is -2.11. The molecule has 0 atom stereocenters. The van der Waals surface area contributed by atoms with E-state index in [4.69, 9.17) is 16.6 Å². The highest BCUT2D eigenvalue weighted by molar-refractivity contribution is 5.93. The predicted molar refractivity (Wildman–Crippen MR) is 47.7 cm³/mol. The minimum absolute atomic E-state index is 0.0348. The summed E-state index contributed by atoms with van der Waals surface area (Å²) in [6, 6.07) is 2.27. The normalized spacial score (nSPS) is 9.54. The van der Waals surface area contributed by atoms with Gasteiger partial charge in [-0.05, 0) is 17.3 Å². The number of carbonyl (C=O) groups is 1. The van der Waals surface area contributed by atoms with Crippen molar-refractivity contribution in [1.82, 2.24) is 0 Å². The Morgan fingerprint density at radius 2 is 1.77 bits per heavy atom. The number of carboxylic acid groups (broad SMARTS) is 1. The smallest absolute Gasteiger partial charge is 0.335 e. The van der Waals surface area contributed by atoms with Crippen LogP contribution in [0.5, 0.6) is 0 Å². The molecule has 0 aliphatic rings. The molecule has 13 heavy (non-hydrogen) atoms. The number of nitroso groups, excluding NO2 is 1. The second-order valence-electron chi connectivity index (χ2n) is 2.40. The fourth-order valence-electron chi connectivity index (χ4n) is 0.909. The number of aromatic carboxylic acids is 1. The van der Waals surface area contributed by atoms with Crippen LogP contribution in [0.3, 0.4) is 0 Å². The van der Waals surface area contributed by atoms with Crippen molar-refractivity contribution in [3.05, 3.63) is 22.6 Å². The van der Waals surface area contributed by atoms with E-state index in [1.165, 1.54) is 0 Å². The number of nitrogen functional groups attached to an aromatic ring is 2. The van der Waals surface area contributed by atoms with Gasteiger partial charge in [0.15, 0.2) is 5.69 Å². The van der Waals surface area contributed by atoms with Gasteiger partial charge in [-0.25, -0.2) is 4.79 Å². The van der Waals surface area contributed by atoms with Crippen molar-refractivity contribution < 1.29 is 9.90 Å². The summed E-state index contributed by atoms with van der Waals surface area (Å²) in [4.78, 5) is 20.7. The molecule has 0 bridgehead atoms. The van der Waals surface area contributed by atoms with Crippen LogP contribution in [-0.2, 0) is 0 Å². The highest BCUT2D eigenvalue weighted by atomic mass is 16.4. The number of hydrogen-bond donors (Lipinski definition) is 3. The van der Waals surface area contributed by atoms with Gasteiger partial charge in [-0.2, -0.15) is 0 Å². The van der Waals surface area contributed by atoms with Crippen LogP contribution in [0.25, 0.3) is 0 Å². The lowest BCUT2D eigenvalue weighted by Gasteiger charge is -2.02. The molecule has 0 heterocycles. The van der Waals surface area contributed by atoms with Gasteiger partial charge < -0.3 is 16.6 Å². The third-order valence-corrected chi connectivity index (χ3v) is 1.51. The first-order chi connectivity index (χ1) is 6.06. The molecule has 0 amide bonds. The highest BCUT2D eigenvalue weighted by Crippen LogP contribution is 2.30. The lowest BCUT2D eigenvalue weighted by atomic mass is 10.1. The predicted octanol–water partition coefficient (Wildman–Crippen LogP) is 0.947. The Kier molecular flexibility index (Phi) is 2.14. The maximum atomic E-state index is 10.5. The van der Waals surface area contributed by atoms with E-state index in [0.29, 0.717) is 0 Å². The summed E-state index contributed by atoms with van der Waals surface area (Å²) in [7, 11) is 0. The Morgan fingerprint density at radius 1 is 1.31 bits per heavy atom. The van der Waals surface area contributed by atoms with Gasteiger partial charge in [-0.1, -0.05) is 0 Å². The number of anilines is 2. The average Bonchev–Trinajstić information content (AvgIpc) is 2.03. The molecule has 68 valence electrons. The molecule has 6 nitrogen and oxygen atoms in total. The van der Waals surface area contributed by atoms with Crippen LogP contribution in [0, 0.1) is 4.91 Å². The first-order valence-corrected chi connectivity index (χ1v) is 3.32. The Morgan fingerprint density at radius 3 is 2.08 bits per heavy atom. The summed E-state index contributed by atoms with van der Waals surface area (Å²) in [6.45, 7) is 0. The largest absolute Gasteiger partial charge is 0.478 e. The molecule has 0 saturated heterocycles. The molecule has 1 aromatic carbocycles. The van der Waals surface area contributed by atoms with Gasteiger partial charge in [0.1, 0.15) is 0 Å². The minimum Gasteiger partial charge on any atom is -0.478 e. The van der Waals surface area contributed by atoms with Crippen molar-refractivity contribution in [2.24, 2.45) is 5.18 Å². The second-order valence-corrected chi connectivity index (χ2v) is 2.40. The first-order valence-electron chi connectivity index (χ1n) is 3.32. The lowest BCUT2D eigenvalue weighted by molar-refractivity contribution is 0.0697. The highest BCUT2D eigenvalue weighted by Gasteiger charge is 2.10. The lowest BCUT2D eigenvalue weighted by Crippen LogP contribution is -2.00. The van der Waals surface area contributed by atoms with Crippen molar-refractivity contribution in [2.75, 3.05) is 11.5 Å². The summed E-state index contributed by atoms with van der Waals surface area (Å²) >= 11 is 0. The SMILES string of the molecule is Nc1cc(C(=O)O)cc(N)c1N=O. The van der Waals surface area contributed by atoms with Crippen LogP contribution in [0.1, 0.15) is 10.4 Å². The van der Waals surface area contributed by atoms with Crippen LogP contribution in [0.15, 0.2) is 17.3 Å². The van der Waals surface area contributed by atoms with Gasteiger partial charge in [-0.15, -0.1) is 4.91 Å².